The summed E-state index contributed by atoms with van der Waals surface area (Å²) in [5, 5.41) is 4.61. The van der Waals surface area contributed by atoms with E-state index in [0.29, 0.717) is 35.2 Å². The number of fused-ring (bicyclic) bond motifs is 1. The summed E-state index contributed by atoms with van der Waals surface area (Å²) in [5.74, 6) is 1.87. The molecule has 1 saturated carbocycles. The fraction of sp³-hybridized carbons (Fsp3) is 0.524. The maximum atomic E-state index is 12.6. The molecule has 0 radical (unpaired) electrons. The van der Waals surface area contributed by atoms with Crippen LogP contribution in [0.4, 0.5) is 0 Å². The van der Waals surface area contributed by atoms with Crippen molar-refractivity contribution >= 4 is 34.2 Å². The highest BCUT2D eigenvalue weighted by Gasteiger charge is 2.27. The lowest BCUT2D eigenvalue weighted by molar-refractivity contribution is 0.0916. The van der Waals surface area contributed by atoms with Gasteiger partial charge < -0.3 is 14.5 Å². The van der Waals surface area contributed by atoms with Gasteiger partial charge in [-0.3, -0.25) is 15.6 Å². The maximum Gasteiger partial charge on any atom is 0.305 e. The van der Waals surface area contributed by atoms with Crippen molar-refractivity contribution < 1.29 is 13.9 Å². The number of benzene rings is 1. The predicted molar refractivity (Wildman–Crippen MR) is 114 cm³/mol. The van der Waals surface area contributed by atoms with Gasteiger partial charge in [-0.1, -0.05) is 26.7 Å². The summed E-state index contributed by atoms with van der Waals surface area (Å²) >= 11 is 5.35. The first-order valence-corrected chi connectivity index (χ1v) is 10.3. The van der Waals surface area contributed by atoms with Gasteiger partial charge >= 0.3 is 5.91 Å². The Bertz CT molecular complexity index is 864. The molecule has 2 aromatic rings. The zero-order valence-corrected chi connectivity index (χ0v) is 17.7. The second-order valence-corrected chi connectivity index (χ2v) is 7.98. The fourth-order valence-electron chi connectivity index (χ4n) is 3.83. The zero-order chi connectivity index (χ0) is 20.3. The van der Waals surface area contributed by atoms with E-state index < -0.39 is 0 Å². The summed E-state index contributed by atoms with van der Waals surface area (Å²) in [6.07, 6.45) is 3.54. The van der Waals surface area contributed by atoms with Crippen molar-refractivity contribution in [3.63, 3.8) is 0 Å². The molecule has 7 heteroatoms. The third kappa shape index (κ3) is 4.41. The van der Waals surface area contributed by atoms with E-state index in [2.05, 4.69) is 30.0 Å². The summed E-state index contributed by atoms with van der Waals surface area (Å²) in [6.45, 7) is 8.90. The molecule has 6 nitrogen and oxygen atoms in total. The lowest BCUT2D eigenvalue weighted by Gasteiger charge is -2.35. The third-order valence-corrected chi connectivity index (χ3v) is 5.96. The molecule has 3 rings (SSSR count). The number of hydrogen-bond donors (Lipinski definition) is 3. The normalized spacial score (nSPS) is 21.9. The van der Waals surface area contributed by atoms with Crippen molar-refractivity contribution in [1.29, 1.82) is 0 Å². The molecule has 3 N–H and O–H groups in total. The average molecular weight is 404 g/mol. The standard InChI is InChI=1S/C21H29N3O3S/c1-5-26-15-9-10-18-16(11-15)14(4)19(27-18)20(25)23-24-21(28)22-17-8-6-7-12(2)13(17)3/h9-13,17H,5-8H2,1-4H3,(H,23,25)(H2,22,24,28)/t12-,13-,17-/m0/s1. The van der Waals surface area contributed by atoms with Gasteiger partial charge in [0.15, 0.2) is 10.9 Å². The highest BCUT2D eigenvalue weighted by molar-refractivity contribution is 7.80. The number of furan rings is 1. The lowest BCUT2D eigenvalue weighted by Crippen LogP contribution is -2.52. The minimum absolute atomic E-state index is 0.263. The van der Waals surface area contributed by atoms with E-state index in [1.807, 2.05) is 32.0 Å². The van der Waals surface area contributed by atoms with Gasteiger partial charge in [0.25, 0.3) is 0 Å². The number of amides is 1. The van der Waals surface area contributed by atoms with Crippen LogP contribution in [0.25, 0.3) is 11.0 Å². The van der Waals surface area contributed by atoms with Crippen LogP contribution in [-0.4, -0.2) is 23.7 Å². The molecule has 1 aromatic heterocycles. The smallest absolute Gasteiger partial charge is 0.305 e. The first-order valence-electron chi connectivity index (χ1n) is 9.93. The number of hydrogen-bond acceptors (Lipinski definition) is 4. The van der Waals surface area contributed by atoms with E-state index in [1.165, 1.54) is 12.8 Å². The quantitative estimate of drug-likeness (QED) is 0.528. The van der Waals surface area contributed by atoms with E-state index in [-0.39, 0.29) is 11.7 Å². The Hall–Kier alpha value is -2.28. The van der Waals surface area contributed by atoms with Crippen LogP contribution in [0.5, 0.6) is 5.75 Å². The van der Waals surface area contributed by atoms with Crippen LogP contribution >= 0.6 is 12.2 Å². The van der Waals surface area contributed by atoms with Gasteiger partial charge in [-0.05, 0) is 62.5 Å². The first-order chi connectivity index (χ1) is 13.4. The number of ether oxygens (including phenoxy) is 1. The van der Waals surface area contributed by atoms with Crippen molar-refractivity contribution in [2.75, 3.05) is 6.61 Å². The Labute approximate surface area is 171 Å². The van der Waals surface area contributed by atoms with Crippen molar-refractivity contribution in [2.45, 2.75) is 53.0 Å². The highest BCUT2D eigenvalue weighted by Crippen LogP contribution is 2.30. The first kappa shape index (κ1) is 20.5. The van der Waals surface area contributed by atoms with Crippen LogP contribution in [0.15, 0.2) is 22.6 Å². The van der Waals surface area contributed by atoms with Crippen molar-refractivity contribution in [1.82, 2.24) is 16.2 Å². The number of carbonyl (C=O) groups excluding carboxylic acids is 1. The second kappa shape index (κ2) is 8.82. The average Bonchev–Trinajstić information content (AvgIpc) is 3.00. The van der Waals surface area contributed by atoms with Crippen LogP contribution in [0.3, 0.4) is 0 Å². The van der Waals surface area contributed by atoms with Gasteiger partial charge in [-0.2, -0.15) is 0 Å². The summed E-state index contributed by atoms with van der Waals surface area (Å²) in [5.41, 5.74) is 6.86. The molecule has 1 fully saturated rings. The molecule has 1 aliphatic rings. The highest BCUT2D eigenvalue weighted by atomic mass is 32.1. The molecule has 152 valence electrons. The van der Waals surface area contributed by atoms with E-state index >= 15 is 0 Å². The van der Waals surface area contributed by atoms with E-state index in [4.69, 9.17) is 21.4 Å². The van der Waals surface area contributed by atoms with Crippen molar-refractivity contribution in [2.24, 2.45) is 11.8 Å². The number of nitrogens with one attached hydrogen (secondary N) is 3. The van der Waals surface area contributed by atoms with E-state index in [0.717, 1.165) is 23.1 Å². The van der Waals surface area contributed by atoms with Gasteiger partial charge in [-0.25, -0.2) is 0 Å². The Balaban J connectivity index is 1.61. The van der Waals surface area contributed by atoms with Crippen molar-refractivity contribution in [3.05, 3.63) is 29.5 Å². The molecular weight excluding hydrogens is 374 g/mol. The topological polar surface area (TPSA) is 75.5 Å². The Kier molecular flexibility index (Phi) is 6.44. The monoisotopic (exact) mass is 403 g/mol. The minimum Gasteiger partial charge on any atom is -0.494 e. The summed E-state index contributed by atoms with van der Waals surface area (Å²) in [7, 11) is 0. The van der Waals surface area contributed by atoms with E-state index in [1.54, 1.807) is 0 Å². The molecular formula is C21H29N3O3S. The number of carbonyl (C=O) groups is 1. The molecule has 28 heavy (non-hydrogen) atoms. The number of aryl methyl sites for hydroxylation is 1. The van der Waals surface area contributed by atoms with Crippen LogP contribution in [-0.2, 0) is 0 Å². The molecule has 0 unspecified atom stereocenters. The minimum atomic E-state index is -0.360. The third-order valence-electron chi connectivity index (χ3n) is 5.74. The van der Waals surface area contributed by atoms with Gasteiger partial charge in [0, 0.05) is 17.0 Å². The summed E-state index contributed by atoms with van der Waals surface area (Å²) in [6, 6.07) is 5.86. The van der Waals surface area contributed by atoms with Crippen LogP contribution in [0.1, 0.15) is 56.2 Å². The number of hydrazine groups is 1. The Morgan fingerprint density at radius 3 is 2.82 bits per heavy atom. The van der Waals surface area contributed by atoms with E-state index in [9.17, 15) is 4.79 Å². The predicted octanol–water partition coefficient (Wildman–Crippen LogP) is 4.07. The largest absolute Gasteiger partial charge is 0.494 e. The molecule has 0 spiro atoms. The van der Waals surface area contributed by atoms with Crippen LogP contribution in [0.2, 0.25) is 0 Å². The molecule has 0 aliphatic heterocycles. The fourth-order valence-corrected chi connectivity index (χ4v) is 4.04. The SMILES string of the molecule is CCOc1ccc2oc(C(=O)NNC(=S)N[C@H]3CCC[C@H](C)[C@@H]3C)c(C)c2c1. The summed E-state index contributed by atoms with van der Waals surface area (Å²) < 4.78 is 11.3. The van der Waals surface area contributed by atoms with Gasteiger partial charge in [0.2, 0.25) is 0 Å². The van der Waals surface area contributed by atoms with Crippen LogP contribution in [0, 0.1) is 18.8 Å². The Morgan fingerprint density at radius 2 is 2.07 bits per heavy atom. The van der Waals surface area contributed by atoms with Crippen molar-refractivity contribution in [3.8, 4) is 5.75 Å². The molecule has 3 atom stereocenters. The molecule has 1 heterocycles. The molecule has 1 amide bonds. The van der Waals surface area contributed by atoms with Gasteiger partial charge in [-0.15, -0.1) is 0 Å². The number of thiocarbonyl (C=S) groups is 1. The maximum absolute atomic E-state index is 12.6. The zero-order valence-electron chi connectivity index (χ0n) is 16.9. The van der Waals surface area contributed by atoms with Gasteiger partial charge in [0.05, 0.1) is 6.61 Å². The van der Waals surface area contributed by atoms with Crippen LogP contribution < -0.4 is 20.9 Å². The summed E-state index contributed by atoms with van der Waals surface area (Å²) in [4.78, 5) is 12.6. The van der Waals surface area contributed by atoms with Gasteiger partial charge in [0.1, 0.15) is 11.3 Å². The molecule has 0 saturated heterocycles. The molecule has 0 bridgehead atoms. The second-order valence-electron chi connectivity index (χ2n) is 7.57. The lowest BCUT2D eigenvalue weighted by atomic mass is 9.78. The number of rotatable bonds is 4. The molecule has 1 aromatic carbocycles. The molecule has 1 aliphatic carbocycles. The Morgan fingerprint density at radius 1 is 1.29 bits per heavy atom.